The van der Waals surface area contributed by atoms with Crippen LogP contribution >= 0.6 is 0 Å². The number of fused-ring (bicyclic) bond motifs is 1. The van der Waals surface area contributed by atoms with E-state index >= 15 is 0 Å². The summed E-state index contributed by atoms with van der Waals surface area (Å²) in [7, 11) is 0. The van der Waals surface area contributed by atoms with Crippen LogP contribution in [0.15, 0.2) is 30.3 Å². The molecular formula is C18H21NO. The van der Waals surface area contributed by atoms with Crippen LogP contribution in [0.5, 0.6) is 5.75 Å². The molecule has 0 N–H and O–H groups in total. The van der Waals surface area contributed by atoms with Crippen molar-refractivity contribution in [2.45, 2.75) is 34.2 Å². The van der Waals surface area contributed by atoms with Gasteiger partial charge >= 0.3 is 0 Å². The van der Waals surface area contributed by atoms with Gasteiger partial charge < -0.3 is 9.64 Å². The normalized spacial score (nSPS) is 13.9. The van der Waals surface area contributed by atoms with Crippen LogP contribution in [0.3, 0.4) is 0 Å². The van der Waals surface area contributed by atoms with Gasteiger partial charge in [0.2, 0.25) is 0 Å². The molecule has 0 saturated heterocycles. The first-order valence-corrected chi connectivity index (χ1v) is 7.10. The zero-order valence-electron chi connectivity index (χ0n) is 12.7. The molecule has 0 aromatic heterocycles. The molecule has 0 unspecified atom stereocenters. The van der Waals surface area contributed by atoms with E-state index < -0.39 is 0 Å². The summed E-state index contributed by atoms with van der Waals surface area (Å²) in [5, 5.41) is 0. The molecule has 0 saturated carbocycles. The molecular weight excluding hydrogens is 246 g/mol. The van der Waals surface area contributed by atoms with Crippen molar-refractivity contribution in [1.82, 2.24) is 0 Å². The lowest BCUT2D eigenvalue weighted by Crippen LogP contribution is -2.33. The number of rotatable bonds is 1. The Morgan fingerprint density at radius 2 is 1.65 bits per heavy atom. The van der Waals surface area contributed by atoms with E-state index in [9.17, 15) is 0 Å². The summed E-state index contributed by atoms with van der Waals surface area (Å²) in [5.41, 5.74) is 7.74. The minimum Gasteiger partial charge on any atom is -0.472 e. The molecule has 0 atom stereocenters. The summed E-state index contributed by atoms with van der Waals surface area (Å²) in [4.78, 5) is 2.33. The van der Waals surface area contributed by atoms with Crippen LogP contribution in [0.4, 0.5) is 5.69 Å². The Morgan fingerprint density at radius 3 is 2.35 bits per heavy atom. The van der Waals surface area contributed by atoms with Crippen LogP contribution in [0.2, 0.25) is 0 Å². The SMILES string of the molecule is Cc1cc(C)c2c(c1)CN(c1c(C)cccc1C)CO2. The van der Waals surface area contributed by atoms with E-state index in [1.165, 1.54) is 33.5 Å². The predicted molar refractivity (Wildman–Crippen MR) is 83.5 cm³/mol. The van der Waals surface area contributed by atoms with Crippen LogP contribution < -0.4 is 9.64 Å². The molecule has 0 radical (unpaired) electrons. The van der Waals surface area contributed by atoms with Gasteiger partial charge in [-0.05, 0) is 44.4 Å². The third kappa shape index (κ3) is 2.15. The lowest BCUT2D eigenvalue weighted by Gasteiger charge is -2.33. The molecule has 104 valence electrons. The van der Waals surface area contributed by atoms with Crippen molar-refractivity contribution in [2.75, 3.05) is 11.6 Å². The summed E-state index contributed by atoms with van der Waals surface area (Å²) in [6.07, 6.45) is 0. The molecule has 0 spiro atoms. The number of nitrogens with zero attached hydrogens (tertiary/aromatic N) is 1. The molecule has 1 aliphatic rings. The van der Waals surface area contributed by atoms with Gasteiger partial charge in [-0.2, -0.15) is 0 Å². The van der Waals surface area contributed by atoms with E-state index in [1.54, 1.807) is 0 Å². The van der Waals surface area contributed by atoms with Crippen LogP contribution in [0, 0.1) is 27.7 Å². The van der Waals surface area contributed by atoms with Gasteiger partial charge in [-0.15, -0.1) is 0 Å². The van der Waals surface area contributed by atoms with Crippen molar-refractivity contribution in [1.29, 1.82) is 0 Å². The number of hydrogen-bond acceptors (Lipinski definition) is 2. The zero-order valence-corrected chi connectivity index (χ0v) is 12.7. The first-order valence-electron chi connectivity index (χ1n) is 7.10. The summed E-state index contributed by atoms with van der Waals surface area (Å²) < 4.78 is 6.01. The highest BCUT2D eigenvalue weighted by atomic mass is 16.5. The number of benzene rings is 2. The number of anilines is 1. The summed E-state index contributed by atoms with van der Waals surface area (Å²) in [5.74, 6) is 1.07. The van der Waals surface area contributed by atoms with E-state index in [0.29, 0.717) is 6.73 Å². The molecule has 2 aromatic rings. The molecule has 20 heavy (non-hydrogen) atoms. The predicted octanol–water partition coefficient (Wildman–Crippen LogP) is 4.28. The van der Waals surface area contributed by atoms with Crippen LogP contribution in [0.25, 0.3) is 0 Å². The largest absolute Gasteiger partial charge is 0.472 e. The lowest BCUT2D eigenvalue weighted by molar-refractivity contribution is 0.287. The third-order valence-corrected chi connectivity index (χ3v) is 3.98. The van der Waals surface area contributed by atoms with E-state index in [2.05, 4.69) is 62.9 Å². The molecule has 2 aromatic carbocycles. The Bertz CT molecular complexity index is 640. The van der Waals surface area contributed by atoms with Gasteiger partial charge in [-0.3, -0.25) is 0 Å². The van der Waals surface area contributed by atoms with Crippen molar-refractivity contribution >= 4 is 5.69 Å². The van der Waals surface area contributed by atoms with Crippen molar-refractivity contribution in [2.24, 2.45) is 0 Å². The maximum absolute atomic E-state index is 6.01. The Morgan fingerprint density at radius 1 is 0.950 bits per heavy atom. The second kappa shape index (κ2) is 4.86. The second-order valence-corrected chi connectivity index (χ2v) is 5.78. The van der Waals surface area contributed by atoms with Gasteiger partial charge in [0, 0.05) is 17.8 Å². The van der Waals surface area contributed by atoms with Gasteiger partial charge in [0.05, 0.1) is 0 Å². The Kier molecular flexibility index (Phi) is 3.17. The van der Waals surface area contributed by atoms with Crippen molar-refractivity contribution < 1.29 is 4.74 Å². The maximum Gasteiger partial charge on any atom is 0.161 e. The van der Waals surface area contributed by atoms with Gasteiger partial charge in [0.15, 0.2) is 6.73 Å². The molecule has 2 heteroatoms. The fourth-order valence-corrected chi connectivity index (χ4v) is 3.21. The number of hydrogen-bond donors (Lipinski definition) is 0. The fraction of sp³-hybridized carbons (Fsp3) is 0.333. The van der Waals surface area contributed by atoms with E-state index in [-0.39, 0.29) is 0 Å². The molecule has 2 nitrogen and oxygen atoms in total. The van der Waals surface area contributed by atoms with Crippen molar-refractivity contribution in [3.63, 3.8) is 0 Å². The van der Waals surface area contributed by atoms with Crippen LogP contribution in [-0.2, 0) is 6.54 Å². The standard InChI is InChI=1S/C18H21NO/c1-12-8-15(4)18-16(9-12)10-19(11-20-18)17-13(2)6-5-7-14(17)3/h5-9H,10-11H2,1-4H3. The molecule has 0 aliphatic carbocycles. The summed E-state index contributed by atoms with van der Waals surface area (Å²) >= 11 is 0. The fourth-order valence-electron chi connectivity index (χ4n) is 3.21. The minimum atomic E-state index is 0.628. The highest BCUT2D eigenvalue weighted by Crippen LogP contribution is 2.34. The second-order valence-electron chi connectivity index (χ2n) is 5.78. The number of para-hydroxylation sites is 1. The number of ether oxygens (including phenoxy) is 1. The lowest BCUT2D eigenvalue weighted by atomic mass is 10.0. The summed E-state index contributed by atoms with van der Waals surface area (Å²) in [6.45, 7) is 10.1. The van der Waals surface area contributed by atoms with Gasteiger partial charge in [0.1, 0.15) is 5.75 Å². The minimum absolute atomic E-state index is 0.628. The van der Waals surface area contributed by atoms with E-state index in [1.807, 2.05) is 0 Å². The first kappa shape index (κ1) is 13.0. The highest BCUT2D eigenvalue weighted by molar-refractivity contribution is 5.60. The Balaban J connectivity index is 2.00. The van der Waals surface area contributed by atoms with Crippen LogP contribution in [0.1, 0.15) is 27.8 Å². The maximum atomic E-state index is 6.01. The number of aryl methyl sites for hydroxylation is 4. The molecule has 1 aliphatic heterocycles. The third-order valence-electron chi connectivity index (χ3n) is 3.98. The van der Waals surface area contributed by atoms with E-state index in [0.717, 1.165) is 12.3 Å². The van der Waals surface area contributed by atoms with Gasteiger partial charge in [0.25, 0.3) is 0 Å². The Labute approximate surface area is 121 Å². The van der Waals surface area contributed by atoms with Crippen molar-refractivity contribution in [3.05, 3.63) is 58.1 Å². The molecule has 1 heterocycles. The highest BCUT2D eigenvalue weighted by Gasteiger charge is 2.21. The quantitative estimate of drug-likeness (QED) is 0.764. The van der Waals surface area contributed by atoms with E-state index in [4.69, 9.17) is 4.74 Å². The van der Waals surface area contributed by atoms with Crippen molar-refractivity contribution in [3.8, 4) is 5.75 Å². The summed E-state index contributed by atoms with van der Waals surface area (Å²) in [6, 6.07) is 10.9. The first-order chi connectivity index (χ1) is 9.56. The molecule has 0 amide bonds. The molecule has 3 rings (SSSR count). The monoisotopic (exact) mass is 267 g/mol. The Hall–Kier alpha value is -1.96. The average molecular weight is 267 g/mol. The van der Waals surface area contributed by atoms with Crippen LogP contribution in [-0.4, -0.2) is 6.73 Å². The molecule has 0 bridgehead atoms. The average Bonchev–Trinajstić information content (AvgIpc) is 2.37. The van der Waals surface area contributed by atoms with Gasteiger partial charge in [-0.1, -0.05) is 35.9 Å². The zero-order chi connectivity index (χ0) is 14.3. The molecule has 0 fully saturated rings. The smallest absolute Gasteiger partial charge is 0.161 e. The topological polar surface area (TPSA) is 12.5 Å². The van der Waals surface area contributed by atoms with Gasteiger partial charge in [-0.25, -0.2) is 0 Å².